The summed E-state index contributed by atoms with van der Waals surface area (Å²) >= 11 is 13.6. The van der Waals surface area contributed by atoms with Crippen molar-refractivity contribution in [3.05, 3.63) is 33.1 Å². The zero-order valence-corrected chi connectivity index (χ0v) is 8.72. The SMILES string of the molecule is Cc1cc2c(Cl)c(Cl)ccc2s1. The average molecular weight is 217 g/mol. The Morgan fingerprint density at radius 3 is 2.75 bits per heavy atom. The Hall–Kier alpha value is -0.240. The lowest BCUT2D eigenvalue weighted by molar-refractivity contribution is 1.65. The van der Waals surface area contributed by atoms with Crippen molar-refractivity contribution in [3.8, 4) is 0 Å². The van der Waals surface area contributed by atoms with Gasteiger partial charge in [0.2, 0.25) is 0 Å². The number of hydrogen-bond acceptors (Lipinski definition) is 1. The molecule has 1 heterocycles. The summed E-state index contributed by atoms with van der Waals surface area (Å²) in [5, 5.41) is 2.35. The zero-order chi connectivity index (χ0) is 8.72. The highest BCUT2D eigenvalue weighted by atomic mass is 35.5. The van der Waals surface area contributed by atoms with Gasteiger partial charge in [-0.3, -0.25) is 0 Å². The van der Waals surface area contributed by atoms with Crippen molar-refractivity contribution in [2.24, 2.45) is 0 Å². The lowest BCUT2D eigenvalue weighted by atomic mass is 10.2. The van der Waals surface area contributed by atoms with Crippen molar-refractivity contribution in [2.75, 3.05) is 0 Å². The van der Waals surface area contributed by atoms with Gasteiger partial charge in [0, 0.05) is 15.0 Å². The second-order valence-corrected chi connectivity index (χ2v) is 4.70. The molecule has 0 fully saturated rings. The summed E-state index contributed by atoms with van der Waals surface area (Å²) in [6, 6.07) is 5.90. The third-order valence-corrected chi connectivity index (χ3v) is 3.55. The first kappa shape index (κ1) is 8.36. The fourth-order valence-electron chi connectivity index (χ4n) is 1.18. The molecule has 0 aliphatic heterocycles. The lowest BCUT2D eigenvalue weighted by Gasteiger charge is -1.95. The van der Waals surface area contributed by atoms with Crippen LogP contribution in [0.5, 0.6) is 0 Å². The van der Waals surface area contributed by atoms with Crippen LogP contribution in [0.3, 0.4) is 0 Å². The molecule has 0 spiro atoms. The normalized spacial score (nSPS) is 10.9. The average Bonchev–Trinajstić information content (AvgIpc) is 2.39. The molecule has 2 aromatic rings. The van der Waals surface area contributed by atoms with Gasteiger partial charge in [0.1, 0.15) is 0 Å². The summed E-state index contributed by atoms with van der Waals surface area (Å²) in [5.74, 6) is 0. The van der Waals surface area contributed by atoms with E-state index in [2.05, 4.69) is 13.0 Å². The van der Waals surface area contributed by atoms with Crippen LogP contribution in [0.15, 0.2) is 18.2 Å². The van der Waals surface area contributed by atoms with Gasteiger partial charge in [0.05, 0.1) is 10.0 Å². The second-order valence-electron chi connectivity index (χ2n) is 2.63. The number of rotatable bonds is 0. The van der Waals surface area contributed by atoms with Gasteiger partial charge >= 0.3 is 0 Å². The first-order valence-electron chi connectivity index (χ1n) is 3.52. The molecule has 0 nitrogen and oxygen atoms in total. The van der Waals surface area contributed by atoms with Crippen LogP contribution in [0.2, 0.25) is 10.0 Å². The zero-order valence-electron chi connectivity index (χ0n) is 6.40. The van der Waals surface area contributed by atoms with Crippen molar-refractivity contribution in [2.45, 2.75) is 6.92 Å². The molecule has 3 heteroatoms. The Bertz CT molecular complexity index is 431. The fourth-order valence-corrected chi connectivity index (χ4v) is 2.55. The fraction of sp³-hybridized carbons (Fsp3) is 0.111. The van der Waals surface area contributed by atoms with Crippen LogP contribution in [0.25, 0.3) is 10.1 Å². The van der Waals surface area contributed by atoms with E-state index in [4.69, 9.17) is 23.2 Å². The maximum Gasteiger partial charge on any atom is 0.0679 e. The molecule has 0 amide bonds. The standard InChI is InChI=1S/C9H6Cl2S/c1-5-4-6-8(12-5)3-2-7(10)9(6)11/h2-4H,1H3. The highest BCUT2D eigenvalue weighted by Crippen LogP contribution is 2.35. The third kappa shape index (κ3) is 1.22. The quantitative estimate of drug-likeness (QED) is 0.608. The molecule has 1 aromatic carbocycles. The van der Waals surface area contributed by atoms with Crippen molar-refractivity contribution in [1.29, 1.82) is 0 Å². The molecular formula is C9H6Cl2S. The van der Waals surface area contributed by atoms with Gasteiger partial charge in [-0.15, -0.1) is 11.3 Å². The number of benzene rings is 1. The number of thiophene rings is 1. The molecule has 0 atom stereocenters. The van der Waals surface area contributed by atoms with E-state index in [9.17, 15) is 0 Å². The molecule has 0 N–H and O–H groups in total. The highest BCUT2D eigenvalue weighted by molar-refractivity contribution is 7.19. The van der Waals surface area contributed by atoms with Crippen LogP contribution in [0.1, 0.15) is 4.88 Å². The monoisotopic (exact) mass is 216 g/mol. The van der Waals surface area contributed by atoms with Crippen LogP contribution in [-0.4, -0.2) is 0 Å². The Kier molecular flexibility index (Phi) is 2.03. The van der Waals surface area contributed by atoms with Crippen molar-refractivity contribution < 1.29 is 0 Å². The summed E-state index contributed by atoms with van der Waals surface area (Å²) < 4.78 is 1.20. The van der Waals surface area contributed by atoms with Crippen LogP contribution >= 0.6 is 34.5 Å². The number of hydrogen-bond donors (Lipinski definition) is 0. The van der Waals surface area contributed by atoms with Gasteiger partial charge in [0.15, 0.2) is 0 Å². The first-order chi connectivity index (χ1) is 5.68. The molecule has 0 bridgehead atoms. The molecular weight excluding hydrogens is 211 g/mol. The van der Waals surface area contributed by atoms with Gasteiger partial charge in [0.25, 0.3) is 0 Å². The maximum atomic E-state index is 6.01. The minimum Gasteiger partial charge on any atom is -0.141 e. The molecule has 0 saturated carbocycles. The molecule has 0 aliphatic rings. The Morgan fingerprint density at radius 2 is 2.00 bits per heavy atom. The van der Waals surface area contributed by atoms with Crippen molar-refractivity contribution in [1.82, 2.24) is 0 Å². The van der Waals surface area contributed by atoms with Crippen LogP contribution in [-0.2, 0) is 0 Å². The Labute approximate surface area is 84.7 Å². The van der Waals surface area contributed by atoms with E-state index >= 15 is 0 Å². The molecule has 0 saturated heterocycles. The van der Waals surface area contributed by atoms with Crippen molar-refractivity contribution in [3.63, 3.8) is 0 Å². The topological polar surface area (TPSA) is 0 Å². The number of halogens is 2. The van der Waals surface area contributed by atoms with Gasteiger partial charge in [-0.05, 0) is 25.1 Å². The molecule has 12 heavy (non-hydrogen) atoms. The highest BCUT2D eigenvalue weighted by Gasteiger charge is 2.05. The van der Waals surface area contributed by atoms with Crippen molar-refractivity contribution >= 4 is 44.6 Å². The molecule has 2 rings (SSSR count). The molecule has 62 valence electrons. The van der Waals surface area contributed by atoms with Crippen LogP contribution in [0, 0.1) is 6.92 Å². The van der Waals surface area contributed by atoms with Crippen LogP contribution in [0.4, 0.5) is 0 Å². The first-order valence-corrected chi connectivity index (χ1v) is 5.10. The summed E-state index contributed by atoms with van der Waals surface area (Å²) in [7, 11) is 0. The van der Waals surface area contributed by atoms with E-state index in [0.717, 1.165) is 5.39 Å². The molecule has 0 unspecified atom stereocenters. The van der Waals surface area contributed by atoms with E-state index in [1.807, 2.05) is 12.1 Å². The van der Waals surface area contributed by atoms with E-state index in [0.29, 0.717) is 10.0 Å². The predicted octanol–water partition coefficient (Wildman–Crippen LogP) is 4.52. The van der Waals surface area contributed by atoms with Gasteiger partial charge in [-0.1, -0.05) is 23.2 Å². The van der Waals surface area contributed by atoms with Gasteiger partial charge in [-0.25, -0.2) is 0 Å². The second kappa shape index (κ2) is 2.91. The Balaban J connectivity index is 2.89. The Morgan fingerprint density at radius 1 is 1.25 bits per heavy atom. The summed E-state index contributed by atoms with van der Waals surface area (Å²) in [6.07, 6.45) is 0. The lowest BCUT2D eigenvalue weighted by Crippen LogP contribution is -1.67. The predicted molar refractivity (Wildman–Crippen MR) is 56.6 cm³/mol. The minimum absolute atomic E-state index is 0.627. The largest absolute Gasteiger partial charge is 0.141 e. The van der Waals surface area contributed by atoms with Crippen LogP contribution < -0.4 is 0 Å². The maximum absolute atomic E-state index is 6.01. The molecule has 0 radical (unpaired) electrons. The van der Waals surface area contributed by atoms with E-state index in [1.165, 1.54) is 9.58 Å². The number of aryl methyl sites for hydroxylation is 1. The smallest absolute Gasteiger partial charge is 0.0679 e. The van der Waals surface area contributed by atoms with Gasteiger partial charge < -0.3 is 0 Å². The van der Waals surface area contributed by atoms with E-state index in [1.54, 1.807) is 11.3 Å². The van der Waals surface area contributed by atoms with E-state index < -0.39 is 0 Å². The van der Waals surface area contributed by atoms with Gasteiger partial charge in [-0.2, -0.15) is 0 Å². The van der Waals surface area contributed by atoms with E-state index in [-0.39, 0.29) is 0 Å². The minimum atomic E-state index is 0.627. The third-order valence-electron chi connectivity index (χ3n) is 1.71. The summed E-state index contributed by atoms with van der Waals surface area (Å²) in [6.45, 7) is 2.06. The number of fused-ring (bicyclic) bond motifs is 1. The molecule has 0 aliphatic carbocycles. The molecule has 1 aromatic heterocycles. The summed E-state index contributed by atoms with van der Waals surface area (Å²) in [4.78, 5) is 1.26. The summed E-state index contributed by atoms with van der Waals surface area (Å²) in [5.41, 5.74) is 0.